The third-order valence-electron chi connectivity index (χ3n) is 6.14. The highest BCUT2D eigenvalue weighted by Crippen LogP contribution is 2.31. The Morgan fingerprint density at radius 2 is 1.92 bits per heavy atom. The number of hydrogen-bond acceptors (Lipinski definition) is 6. The molecule has 0 N–H and O–H groups in total. The van der Waals surface area contributed by atoms with Crippen LogP contribution in [0.2, 0.25) is 0 Å². The van der Waals surface area contributed by atoms with E-state index in [0.717, 1.165) is 27.9 Å². The minimum Gasteiger partial charge on any atom is -0.399 e. The van der Waals surface area contributed by atoms with Crippen molar-refractivity contribution in [3.63, 3.8) is 0 Å². The average Bonchev–Trinajstić information content (AvgIpc) is 3.50. The molecule has 0 radical (unpaired) electrons. The highest BCUT2D eigenvalue weighted by Gasteiger charge is 2.35. The fraction of sp³-hybridized carbons (Fsp3) is 0.360. The Labute approximate surface area is 219 Å². The van der Waals surface area contributed by atoms with Crippen LogP contribution in [0.25, 0.3) is 6.08 Å². The van der Waals surface area contributed by atoms with Gasteiger partial charge in [0.25, 0.3) is 0 Å². The minimum absolute atomic E-state index is 0.0675. The smallest absolute Gasteiger partial charge is 0.399 e. The lowest BCUT2D eigenvalue weighted by molar-refractivity contribution is -0.142. The summed E-state index contributed by atoms with van der Waals surface area (Å²) in [5, 5.41) is 10.0. The summed E-state index contributed by atoms with van der Waals surface area (Å²) < 4.78 is 67.7. The molecule has 13 heteroatoms. The second-order valence-corrected chi connectivity index (χ2v) is 9.57. The predicted molar refractivity (Wildman–Crippen MR) is 132 cm³/mol. The fourth-order valence-corrected chi connectivity index (χ4v) is 5.08. The molecule has 2 aromatic heterocycles. The van der Waals surface area contributed by atoms with Crippen molar-refractivity contribution < 1.29 is 31.6 Å². The lowest BCUT2D eigenvalue weighted by Gasteiger charge is -2.31. The molecule has 38 heavy (non-hydrogen) atoms. The van der Waals surface area contributed by atoms with Crippen molar-refractivity contribution in [1.82, 2.24) is 19.7 Å². The van der Waals surface area contributed by atoms with E-state index in [9.17, 15) is 26.7 Å². The van der Waals surface area contributed by atoms with E-state index in [1.165, 1.54) is 43.6 Å². The van der Waals surface area contributed by atoms with Gasteiger partial charge in [-0.15, -0.1) is 11.3 Å². The van der Waals surface area contributed by atoms with Crippen LogP contribution in [0, 0.1) is 18.6 Å². The maximum absolute atomic E-state index is 14.0. The zero-order chi connectivity index (χ0) is 27.4. The molecular formula is C25H24F5N5O2S. The summed E-state index contributed by atoms with van der Waals surface area (Å²) in [5.74, 6) is -1.65. The van der Waals surface area contributed by atoms with Crippen LogP contribution >= 0.6 is 11.3 Å². The van der Waals surface area contributed by atoms with Crippen LogP contribution in [-0.4, -0.2) is 51.5 Å². The summed E-state index contributed by atoms with van der Waals surface area (Å²) in [5.41, 5.74) is -0.197. The van der Waals surface area contributed by atoms with E-state index >= 15 is 0 Å². The van der Waals surface area contributed by atoms with Crippen molar-refractivity contribution in [1.29, 1.82) is 0 Å². The van der Waals surface area contributed by atoms with E-state index in [-0.39, 0.29) is 35.3 Å². The Bertz CT molecular complexity index is 1340. The quantitative estimate of drug-likeness (QED) is 0.223. The number of benzene rings is 1. The number of piperidine rings is 1. The lowest BCUT2D eigenvalue weighted by Crippen LogP contribution is -2.40. The first-order chi connectivity index (χ1) is 18.1. The van der Waals surface area contributed by atoms with E-state index in [2.05, 4.69) is 15.2 Å². The van der Waals surface area contributed by atoms with E-state index in [1.54, 1.807) is 10.3 Å². The van der Waals surface area contributed by atoms with E-state index < -0.39 is 23.5 Å². The van der Waals surface area contributed by atoms with Gasteiger partial charge < -0.3 is 9.74 Å². The van der Waals surface area contributed by atoms with Gasteiger partial charge in [-0.05, 0) is 50.1 Å². The molecule has 7 nitrogen and oxygen atoms in total. The third kappa shape index (κ3) is 6.26. The number of amides is 1. The summed E-state index contributed by atoms with van der Waals surface area (Å²) >= 11 is 1.40. The van der Waals surface area contributed by atoms with Gasteiger partial charge in [0.2, 0.25) is 5.91 Å². The molecule has 1 fully saturated rings. The molecule has 0 aliphatic carbocycles. The Balaban J connectivity index is 1.38. The number of hydrogen-bond donors (Lipinski definition) is 0. The van der Waals surface area contributed by atoms with Gasteiger partial charge in [0.15, 0.2) is 5.69 Å². The van der Waals surface area contributed by atoms with Crippen LogP contribution in [-0.2, 0) is 22.4 Å². The molecule has 1 aromatic carbocycles. The van der Waals surface area contributed by atoms with Gasteiger partial charge in [-0.1, -0.05) is 11.2 Å². The molecule has 202 valence electrons. The number of allylic oxidation sites excluding steroid dienone is 1. The molecule has 0 bridgehead atoms. The van der Waals surface area contributed by atoms with Crippen LogP contribution in [0.5, 0.6) is 0 Å². The van der Waals surface area contributed by atoms with Crippen LogP contribution < -0.4 is 0 Å². The van der Waals surface area contributed by atoms with Crippen LogP contribution in [0.1, 0.15) is 46.4 Å². The second kappa shape index (κ2) is 11.4. The fourth-order valence-electron chi connectivity index (χ4n) is 4.10. The molecular weight excluding hydrogens is 529 g/mol. The number of aryl methyl sites for hydroxylation is 1. The number of carbonyl (C=O) groups excluding carboxylic acids is 1. The summed E-state index contributed by atoms with van der Waals surface area (Å²) in [4.78, 5) is 23.8. The van der Waals surface area contributed by atoms with E-state index in [0.29, 0.717) is 31.6 Å². The van der Waals surface area contributed by atoms with E-state index in [1.807, 2.05) is 0 Å². The average molecular weight is 554 g/mol. The van der Waals surface area contributed by atoms with Crippen molar-refractivity contribution in [3.8, 4) is 0 Å². The molecule has 1 aliphatic heterocycles. The molecule has 0 unspecified atom stereocenters. The number of thiazole rings is 1. The number of rotatable bonds is 7. The molecule has 0 atom stereocenters. The summed E-state index contributed by atoms with van der Waals surface area (Å²) in [6, 6.07) is 4.51. The van der Waals surface area contributed by atoms with Crippen LogP contribution in [0.15, 0.2) is 40.9 Å². The summed E-state index contributed by atoms with van der Waals surface area (Å²) in [7, 11) is 1.35. The predicted octanol–water partition coefficient (Wildman–Crippen LogP) is 5.42. The number of likely N-dealkylation sites (tertiary alicyclic amines) is 1. The van der Waals surface area contributed by atoms with Crippen molar-refractivity contribution >= 4 is 29.0 Å². The van der Waals surface area contributed by atoms with Gasteiger partial charge >= 0.3 is 6.18 Å². The van der Waals surface area contributed by atoms with Gasteiger partial charge in [-0.2, -0.15) is 18.3 Å². The van der Waals surface area contributed by atoms with Crippen molar-refractivity contribution in [2.24, 2.45) is 5.16 Å². The number of carbonyl (C=O) groups is 1. The zero-order valence-electron chi connectivity index (χ0n) is 20.5. The number of alkyl halides is 3. The first-order valence-corrected chi connectivity index (χ1v) is 12.5. The van der Waals surface area contributed by atoms with E-state index in [4.69, 9.17) is 4.84 Å². The number of aromatic nitrogens is 3. The highest BCUT2D eigenvalue weighted by atomic mass is 32.1. The number of nitrogens with zero attached hydrogens (tertiary/aromatic N) is 5. The Hall–Kier alpha value is -3.61. The van der Waals surface area contributed by atoms with Crippen molar-refractivity contribution in [2.75, 3.05) is 20.2 Å². The summed E-state index contributed by atoms with van der Waals surface area (Å²) in [6.45, 7) is 2.07. The molecule has 1 amide bonds. The largest absolute Gasteiger partial charge is 0.435 e. The zero-order valence-corrected chi connectivity index (χ0v) is 21.3. The monoisotopic (exact) mass is 553 g/mol. The standard InChI is InChI=1S/C25H24F5N5O2S/c1-15-12-22(25(28,29)30)32-35(15)13-23(36)34-10-8-16(9-11-34)24-31-21(14-38-24)20(33-37-2)7-6-17-18(26)4-3-5-19(17)27/h3-7,12,14,16H,8-11,13H2,1-2H3/b7-6+,33-20+. The highest BCUT2D eigenvalue weighted by molar-refractivity contribution is 7.10. The molecule has 1 saturated heterocycles. The number of oxime groups is 1. The molecule has 4 rings (SSSR count). The topological polar surface area (TPSA) is 72.6 Å². The lowest BCUT2D eigenvalue weighted by atomic mass is 9.97. The first-order valence-electron chi connectivity index (χ1n) is 11.6. The maximum Gasteiger partial charge on any atom is 0.435 e. The Morgan fingerprint density at radius 3 is 2.53 bits per heavy atom. The molecule has 0 saturated carbocycles. The van der Waals surface area contributed by atoms with Crippen LogP contribution in [0.4, 0.5) is 22.0 Å². The molecule has 3 aromatic rings. The Morgan fingerprint density at radius 1 is 1.24 bits per heavy atom. The normalized spacial score (nSPS) is 15.4. The molecule has 3 heterocycles. The van der Waals surface area contributed by atoms with Gasteiger partial charge in [0.1, 0.15) is 36.7 Å². The molecule has 0 spiro atoms. The van der Waals surface area contributed by atoms with Crippen LogP contribution in [0.3, 0.4) is 0 Å². The second-order valence-electron chi connectivity index (χ2n) is 8.68. The first kappa shape index (κ1) is 27.4. The van der Waals surface area contributed by atoms with Gasteiger partial charge in [0, 0.05) is 35.6 Å². The van der Waals surface area contributed by atoms with Crippen molar-refractivity contribution in [2.45, 2.75) is 38.4 Å². The van der Waals surface area contributed by atoms with Gasteiger partial charge in [-0.25, -0.2) is 13.8 Å². The van der Waals surface area contributed by atoms with Crippen molar-refractivity contribution in [3.05, 3.63) is 75.0 Å². The SMILES string of the molecule is CO/N=C(\C=C\c1c(F)cccc1F)c1csc(C2CCN(C(=O)Cn3nc(C(F)(F)F)cc3C)CC2)n1. The molecule has 1 aliphatic rings. The third-order valence-corrected chi connectivity index (χ3v) is 7.14. The van der Waals surface area contributed by atoms with Gasteiger partial charge in [-0.3, -0.25) is 9.48 Å². The number of halogens is 5. The maximum atomic E-state index is 14.0. The summed E-state index contributed by atoms with van der Waals surface area (Å²) in [6.07, 6.45) is -0.631. The Kier molecular flexibility index (Phi) is 8.24. The minimum atomic E-state index is -4.57. The van der Waals surface area contributed by atoms with Gasteiger partial charge in [0.05, 0.1) is 5.01 Å².